The van der Waals surface area contributed by atoms with Gasteiger partial charge in [0.1, 0.15) is 15.5 Å². The standard InChI is InChI=1S/C12H17NO4S/c1-16-7-8-9(10(14)15)18-11(13-8)12(17-2)5-3-4-6-12/h3-7H2,1-2H3,(H,14,15). The maximum Gasteiger partial charge on any atom is 0.347 e. The fourth-order valence-corrected chi connectivity index (χ4v) is 3.53. The van der Waals surface area contributed by atoms with Crippen molar-refractivity contribution in [1.29, 1.82) is 0 Å². The lowest BCUT2D eigenvalue weighted by molar-refractivity contribution is -0.00911. The molecule has 1 saturated carbocycles. The number of carboxylic acids is 1. The summed E-state index contributed by atoms with van der Waals surface area (Å²) in [6.07, 6.45) is 4.00. The van der Waals surface area contributed by atoms with E-state index < -0.39 is 5.97 Å². The van der Waals surface area contributed by atoms with Crippen molar-refractivity contribution in [2.75, 3.05) is 14.2 Å². The van der Waals surface area contributed by atoms with Crippen LogP contribution in [0.4, 0.5) is 0 Å². The highest BCUT2D eigenvalue weighted by Gasteiger charge is 2.39. The Bertz CT molecular complexity index is 437. The van der Waals surface area contributed by atoms with Gasteiger partial charge in [-0.25, -0.2) is 9.78 Å². The van der Waals surface area contributed by atoms with Crippen molar-refractivity contribution in [3.05, 3.63) is 15.6 Å². The second-order valence-electron chi connectivity index (χ2n) is 4.44. The normalized spacial score (nSPS) is 18.1. The van der Waals surface area contributed by atoms with E-state index in [2.05, 4.69) is 4.98 Å². The Morgan fingerprint density at radius 3 is 2.61 bits per heavy atom. The number of methoxy groups -OCH3 is 2. The molecule has 0 atom stereocenters. The van der Waals surface area contributed by atoms with Gasteiger partial charge in [0.25, 0.3) is 0 Å². The molecule has 100 valence electrons. The molecule has 1 heterocycles. The van der Waals surface area contributed by atoms with E-state index in [9.17, 15) is 9.90 Å². The number of aromatic nitrogens is 1. The number of hydrogen-bond donors (Lipinski definition) is 1. The molecule has 0 unspecified atom stereocenters. The second kappa shape index (κ2) is 5.34. The van der Waals surface area contributed by atoms with Crippen LogP contribution >= 0.6 is 11.3 Å². The third-order valence-corrected chi connectivity index (χ3v) is 4.64. The Labute approximate surface area is 110 Å². The van der Waals surface area contributed by atoms with Crippen LogP contribution in [0, 0.1) is 0 Å². The average molecular weight is 271 g/mol. The van der Waals surface area contributed by atoms with Crippen LogP contribution in [0.5, 0.6) is 0 Å². The number of nitrogens with zero attached hydrogens (tertiary/aromatic N) is 1. The summed E-state index contributed by atoms with van der Waals surface area (Å²) in [5.74, 6) is -0.949. The van der Waals surface area contributed by atoms with Gasteiger partial charge in [0, 0.05) is 14.2 Å². The average Bonchev–Trinajstić information content (AvgIpc) is 2.95. The van der Waals surface area contributed by atoms with Crippen LogP contribution < -0.4 is 0 Å². The third-order valence-electron chi connectivity index (χ3n) is 3.36. The number of carbonyl (C=O) groups is 1. The maximum atomic E-state index is 11.2. The molecule has 0 spiro atoms. The molecule has 0 bridgehead atoms. The summed E-state index contributed by atoms with van der Waals surface area (Å²) in [6, 6.07) is 0. The summed E-state index contributed by atoms with van der Waals surface area (Å²) in [7, 11) is 3.20. The molecule has 2 rings (SSSR count). The first-order valence-corrected chi connectivity index (χ1v) is 6.72. The van der Waals surface area contributed by atoms with Crippen molar-refractivity contribution in [2.24, 2.45) is 0 Å². The van der Waals surface area contributed by atoms with Gasteiger partial charge in [-0.05, 0) is 12.8 Å². The SMILES string of the molecule is COCc1nc(C2(OC)CCCC2)sc1C(=O)O. The van der Waals surface area contributed by atoms with Crippen LogP contribution in [-0.4, -0.2) is 30.3 Å². The number of ether oxygens (including phenoxy) is 2. The molecule has 5 nitrogen and oxygen atoms in total. The van der Waals surface area contributed by atoms with Gasteiger partial charge in [0.15, 0.2) is 0 Å². The maximum absolute atomic E-state index is 11.2. The summed E-state index contributed by atoms with van der Waals surface area (Å²) in [4.78, 5) is 15.9. The van der Waals surface area contributed by atoms with E-state index >= 15 is 0 Å². The van der Waals surface area contributed by atoms with Gasteiger partial charge < -0.3 is 14.6 Å². The Balaban J connectivity index is 2.39. The molecule has 1 N–H and O–H groups in total. The van der Waals surface area contributed by atoms with Crippen LogP contribution in [0.1, 0.15) is 46.1 Å². The van der Waals surface area contributed by atoms with Crippen LogP contribution in [0.2, 0.25) is 0 Å². The van der Waals surface area contributed by atoms with Crippen LogP contribution in [0.15, 0.2) is 0 Å². The zero-order chi connectivity index (χ0) is 13.2. The molecular formula is C12H17NO4S. The topological polar surface area (TPSA) is 68.7 Å². The van der Waals surface area contributed by atoms with E-state index in [0.29, 0.717) is 5.69 Å². The summed E-state index contributed by atoms with van der Waals surface area (Å²) in [5, 5.41) is 9.95. The molecule has 1 aromatic rings. The minimum absolute atomic E-state index is 0.220. The van der Waals surface area contributed by atoms with E-state index in [4.69, 9.17) is 9.47 Å². The van der Waals surface area contributed by atoms with Crippen molar-refractivity contribution < 1.29 is 19.4 Å². The van der Waals surface area contributed by atoms with Crippen molar-refractivity contribution >= 4 is 17.3 Å². The zero-order valence-corrected chi connectivity index (χ0v) is 11.4. The summed E-state index contributed by atoms with van der Waals surface area (Å²) in [6.45, 7) is 0.220. The molecule has 6 heteroatoms. The van der Waals surface area contributed by atoms with E-state index in [1.165, 1.54) is 18.4 Å². The lowest BCUT2D eigenvalue weighted by Crippen LogP contribution is -2.24. The van der Waals surface area contributed by atoms with Crippen LogP contribution in [-0.2, 0) is 21.7 Å². The highest BCUT2D eigenvalue weighted by atomic mass is 32.1. The third kappa shape index (κ3) is 2.28. The molecule has 18 heavy (non-hydrogen) atoms. The second-order valence-corrected chi connectivity index (χ2v) is 5.44. The van der Waals surface area contributed by atoms with Gasteiger partial charge >= 0.3 is 5.97 Å². The molecule has 0 aromatic carbocycles. The monoisotopic (exact) mass is 271 g/mol. The molecule has 1 aliphatic rings. The molecule has 1 fully saturated rings. The predicted octanol–water partition coefficient (Wildman–Crippen LogP) is 2.40. The minimum atomic E-state index is -0.949. The fourth-order valence-electron chi connectivity index (χ4n) is 2.40. The summed E-state index contributed by atoms with van der Waals surface area (Å²) < 4.78 is 10.6. The van der Waals surface area contributed by atoms with Crippen LogP contribution in [0.3, 0.4) is 0 Å². The Morgan fingerprint density at radius 1 is 1.44 bits per heavy atom. The number of carboxylic acid groups (broad SMARTS) is 1. The number of thiazole rings is 1. The van der Waals surface area contributed by atoms with Crippen molar-refractivity contribution in [1.82, 2.24) is 4.98 Å². The van der Waals surface area contributed by atoms with Crippen molar-refractivity contribution in [2.45, 2.75) is 37.9 Å². The number of hydrogen-bond acceptors (Lipinski definition) is 5. The van der Waals surface area contributed by atoms with Crippen LogP contribution in [0.25, 0.3) is 0 Å². The Kier molecular flexibility index (Phi) is 3.99. The summed E-state index contributed by atoms with van der Waals surface area (Å²) >= 11 is 1.21. The summed E-state index contributed by atoms with van der Waals surface area (Å²) in [5.41, 5.74) is 0.106. The molecule has 1 aromatic heterocycles. The van der Waals surface area contributed by atoms with Gasteiger partial charge in [-0.2, -0.15) is 0 Å². The number of rotatable bonds is 5. The molecule has 0 aliphatic heterocycles. The van der Waals surface area contributed by atoms with Gasteiger partial charge in [-0.1, -0.05) is 12.8 Å². The molecule has 0 amide bonds. The fraction of sp³-hybridized carbons (Fsp3) is 0.667. The lowest BCUT2D eigenvalue weighted by atomic mass is 10.0. The molecule has 1 aliphatic carbocycles. The molecule has 0 saturated heterocycles. The predicted molar refractivity (Wildman–Crippen MR) is 66.9 cm³/mol. The number of aromatic carboxylic acids is 1. The Morgan fingerprint density at radius 2 is 2.11 bits per heavy atom. The quantitative estimate of drug-likeness (QED) is 0.890. The van der Waals surface area contributed by atoms with Gasteiger partial charge in [0.05, 0.1) is 12.3 Å². The van der Waals surface area contributed by atoms with Crippen molar-refractivity contribution in [3.8, 4) is 0 Å². The van der Waals surface area contributed by atoms with Crippen molar-refractivity contribution in [3.63, 3.8) is 0 Å². The largest absolute Gasteiger partial charge is 0.477 e. The van der Waals surface area contributed by atoms with Gasteiger partial charge in [-0.15, -0.1) is 11.3 Å². The van der Waals surface area contributed by atoms with E-state index in [0.717, 1.165) is 30.7 Å². The first-order chi connectivity index (χ1) is 8.63. The first kappa shape index (κ1) is 13.5. The highest BCUT2D eigenvalue weighted by molar-refractivity contribution is 7.13. The van der Waals surface area contributed by atoms with E-state index in [1.807, 2.05) is 0 Å². The molecule has 0 radical (unpaired) electrons. The van der Waals surface area contributed by atoms with E-state index in [1.54, 1.807) is 7.11 Å². The van der Waals surface area contributed by atoms with Gasteiger partial charge in [0.2, 0.25) is 0 Å². The Hall–Kier alpha value is -0.980. The first-order valence-electron chi connectivity index (χ1n) is 5.90. The smallest absolute Gasteiger partial charge is 0.347 e. The van der Waals surface area contributed by atoms with Gasteiger partial charge in [-0.3, -0.25) is 0 Å². The zero-order valence-electron chi connectivity index (χ0n) is 10.6. The van der Waals surface area contributed by atoms with E-state index in [-0.39, 0.29) is 17.1 Å². The highest BCUT2D eigenvalue weighted by Crippen LogP contribution is 2.43. The minimum Gasteiger partial charge on any atom is -0.477 e. The molecular weight excluding hydrogens is 254 g/mol. The lowest BCUT2D eigenvalue weighted by Gasteiger charge is -2.24.